The second-order valence-corrected chi connectivity index (χ2v) is 13.4. The van der Waals surface area contributed by atoms with Gasteiger partial charge >= 0.3 is 8.56 Å². The molecule has 2 atom stereocenters. The molecule has 1 aromatic rings. The molecule has 0 bridgehead atoms. The normalized spacial score (nSPS) is 16.5. The maximum absolute atomic E-state index is 9.86. The van der Waals surface area contributed by atoms with E-state index in [0.29, 0.717) is 6.04 Å². The van der Waals surface area contributed by atoms with Crippen LogP contribution in [0.25, 0.3) is 0 Å². The molecule has 0 aliphatic carbocycles. The predicted molar refractivity (Wildman–Crippen MR) is 90.4 cm³/mol. The molecule has 0 aliphatic rings. The van der Waals surface area contributed by atoms with E-state index in [9.17, 15) is 5.11 Å². The highest BCUT2D eigenvalue weighted by molar-refractivity contribution is 6.91. The molecule has 2 unspecified atom stereocenters. The molecule has 0 amide bonds. The number of hydrogen-bond donors (Lipinski definition) is 2. The number of aliphatic hydroxyl groups excluding tert-OH is 2. The smallest absolute Gasteiger partial charge is 0.330 e. The van der Waals surface area contributed by atoms with E-state index in [4.69, 9.17) is 13.6 Å². The first-order valence-electron chi connectivity index (χ1n) is 7.49. The molecule has 0 aromatic heterocycles. The van der Waals surface area contributed by atoms with Gasteiger partial charge in [-0.1, -0.05) is 43.7 Å². The molecule has 6 heteroatoms. The maximum atomic E-state index is 9.86. The molecule has 2 N–H and O–H groups in total. The minimum absolute atomic E-state index is 0.251. The quantitative estimate of drug-likeness (QED) is 0.681. The average molecular weight is 329 g/mol. The summed E-state index contributed by atoms with van der Waals surface area (Å²) in [5.74, 6) is 0. The Labute approximate surface area is 130 Å². The Kier molecular flexibility index (Phi) is 7.25. The van der Waals surface area contributed by atoms with Crippen molar-refractivity contribution in [2.24, 2.45) is 0 Å². The molecule has 0 radical (unpaired) electrons. The van der Waals surface area contributed by atoms with E-state index in [1.807, 2.05) is 18.2 Å². The van der Waals surface area contributed by atoms with Gasteiger partial charge in [0.15, 0.2) is 0 Å². The van der Waals surface area contributed by atoms with E-state index >= 15 is 0 Å². The van der Waals surface area contributed by atoms with Crippen molar-refractivity contribution in [2.75, 3.05) is 13.7 Å². The van der Waals surface area contributed by atoms with Crippen molar-refractivity contribution in [1.29, 1.82) is 0 Å². The Hall–Kier alpha value is -0.506. The minimum atomic E-state index is -2.52. The molecule has 0 aliphatic heterocycles. The Balaban J connectivity index is 2.98. The molecule has 120 valence electrons. The molecule has 0 spiro atoms. The molecule has 1 rings (SSSR count). The van der Waals surface area contributed by atoms with Crippen molar-refractivity contribution >= 4 is 22.1 Å². The Morgan fingerprint density at radius 3 is 2.29 bits per heavy atom. The van der Waals surface area contributed by atoms with Gasteiger partial charge in [-0.2, -0.15) is 0 Å². The lowest BCUT2D eigenvalue weighted by molar-refractivity contribution is 0.0999. The van der Waals surface area contributed by atoms with Crippen LogP contribution in [0.3, 0.4) is 0 Å². The summed E-state index contributed by atoms with van der Waals surface area (Å²) in [5.41, 5.74) is 0. The molecule has 21 heavy (non-hydrogen) atoms. The molecule has 0 saturated carbocycles. The van der Waals surface area contributed by atoms with Crippen LogP contribution in [0.4, 0.5) is 0 Å². The van der Waals surface area contributed by atoms with Crippen LogP contribution >= 0.6 is 0 Å². The van der Waals surface area contributed by atoms with Crippen molar-refractivity contribution in [3.05, 3.63) is 30.3 Å². The Morgan fingerprint density at radius 1 is 1.19 bits per heavy atom. The lowest BCUT2D eigenvalue weighted by Crippen LogP contribution is -2.57. The molecular weight excluding hydrogens is 300 g/mol. The second-order valence-electron chi connectivity index (χ2n) is 5.88. The Morgan fingerprint density at radius 2 is 1.81 bits per heavy atom. The number of benzene rings is 1. The molecule has 4 nitrogen and oxygen atoms in total. The fourth-order valence-corrected chi connectivity index (χ4v) is 11.0. The van der Waals surface area contributed by atoms with Crippen molar-refractivity contribution in [1.82, 2.24) is 0 Å². The first-order valence-corrected chi connectivity index (χ1v) is 12.6. The van der Waals surface area contributed by atoms with E-state index in [2.05, 4.69) is 32.2 Å². The van der Waals surface area contributed by atoms with Crippen LogP contribution in [0.15, 0.2) is 30.3 Å². The van der Waals surface area contributed by atoms with Gasteiger partial charge in [-0.3, -0.25) is 0 Å². The number of aliphatic hydroxyl groups is 2. The highest BCUT2D eigenvalue weighted by Crippen LogP contribution is 2.26. The number of hydrogen-bond acceptors (Lipinski definition) is 4. The van der Waals surface area contributed by atoms with Crippen molar-refractivity contribution < 1.29 is 18.8 Å². The van der Waals surface area contributed by atoms with Crippen LogP contribution in [0.1, 0.15) is 13.3 Å². The van der Waals surface area contributed by atoms with Gasteiger partial charge < -0.3 is 18.8 Å². The van der Waals surface area contributed by atoms with Crippen LogP contribution in [0, 0.1) is 0 Å². The van der Waals surface area contributed by atoms with E-state index in [1.165, 1.54) is 5.19 Å². The fourth-order valence-electron chi connectivity index (χ4n) is 2.59. The average Bonchev–Trinajstić information content (AvgIpc) is 2.47. The van der Waals surface area contributed by atoms with Crippen LogP contribution < -0.4 is 5.19 Å². The topological polar surface area (TPSA) is 58.9 Å². The lowest BCUT2D eigenvalue weighted by atomic mass is 10.4. The maximum Gasteiger partial charge on any atom is 0.330 e. The van der Waals surface area contributed by atoms with Gasteiger partial charge in [-0.05, 0) is 24.3 Å². The minimum Gasteiger partial charge on any atom is -0.432 e. The van der Waals surface area contributed by atoms with Gasteiger partial charge in [-0.25, -0.2) is 0 Å². The summed E-state index contributed by atoms with van der Waals surface area (Å²) in [6.07, 6.45) is 0.168. The fraction of sp³-hybridized carbons (Fsp3) is 0.600. The van der Waals surface area contributed by atoms with Crippen LogP contribution in [0.2, 0.25) is 25.2 Å². The lowest BCUT2D eigenvalue weighted by Gasteiger charge is -2.38. The molecule has 0 heterocycles. The van der Waals surface area contributed by atoms with Crippen molar-refractivity contribution in [2.45, 2.75) is 44.6 Å². The highest BCUT2D eigenvalue weighted by atomic mass is 28.4. The van der Waals surface area contributed by atoms with Gasteiger partial charge in [0.05, 0.1) is 12.7 Å². The third-order valence-electron chi connectivity index (χ3n) is 3.67. The monoisotopic (exact) mass is 328 g/mol. The first kappa shape index (κ1) is 18.5. The molecular formula is C15H28O4Si2. The summed E-state index contributed by atoms with van der Waals surface area (Å²) >= 11 is 0. The van der Waals surface area contributed by atoms with Gasteiger partial charge in [0.1, 0.15) is 0 Å². The zero-order chi connectivity index (χ0) is 15.9. The third-order valence-corrected chi connectivity index (χ3v) is 12.0. The van der Waals surface area contributed by atoms with Gasteiger partial charge in [0.2, 0.25) is 8.32 Å². The zero-order valence-corrected chi connectivity index (χ0v) is 15.5. The van der Waals surface area contributed by atoms with E-state index in [0.717, 1.165) is 12.5 Å². The molecule has 0 fully saturated rings. The summed E-state index contributed by atoms with van der Waals surface area (Å²) in [7, 11) is -2.96. The van der Waals surface area contributed by atoms with E-state index in [-0.39, 0.29) is 6.61 Å². The summed E-state index contributed by atoms with van der Waals surface area (Å²) < 4.78 is 12.3. The van der Waals surface area contributed by atoms with Crippen LogP contribution in [0.5, 0.6) is 0 Å². The Bertz CT molecular complexity index is 413. The van der Waals surface area contributed by atoms with Crippen molar-refractivity contribution in [3.8, 4) is 0 Å². The highest BCUT2D eigenvalue weighted by Gasteiger charge is 2.43. The van der Waals surface area contributed by atoms with Gasteiger partial charge in [0.25, 0.3) is 0 Å². The zero-order valence-electron chi connectivity index (χ0n) is 13.5. The second kappa shape index (κ2) is 8.21. The van der Waals surface area contributed by atoms with Gasteiger partial charge in [0, 0.05) is 13.2 Å². The van der Waals surface area contributed by atoms with Gasteiger partial charge in [-0.15, -0.1) is 0 Å². The molecule has 1 aromatic carbocycles. The van der Waals surface area contributed by atoms with Crippen molar-refractivity contribution in [3.63, 3.8) is 0 Å². The van der Waals surface area contributed by atoms with Crippen LogP contribution in [-0.2, 0) is 8.54 Å². The first-order chi connectivity index (χ1) is 9.89. The SMILES string of the molecule is CCC[Si](CC(O)CO)(OC)O[Si](C)(C)c1ccccc1. The molecule has 0 saturated heterocycles. The summed E-state index contributed by atoms with van der Waals surface area (Å²) in [6, 6.07) is 11.5. The van der Waals surface area contributed by atoms with Crippen LogP contribution in [-0.4, -0.2) is 46.9 Å². The summed E-state index contributed by atoms with van der Waals surface area (Å²) in [6.45, 7) is 6.15. The standard InChI is InChI=1S/C15H28O4Si2/c1-5-11-21(18-2,13-14(17)12-16)19-20(3,4)15-9-7-6-8-10-15/h6-10,14,16-17H,5,11-13H2,1-4H3. The van der Waals surface area contributed by atoms with E-state index < -0.39 is 23.0 Å². The third kappa shape index (κ3) is 5.32. The van der Waals surface area contributed by atoms with E-state index in [1.54, 1.807) is 7.11 Å². The summed E-state index contributed by atoms with van der Waals surface area (Å²) in [4.78, 5) is 0. The summed E-state index contributed by atoms with van der Waals surface area (Å²) in [5, 5.41) is 20.2. The number of rotatable bonds is 9. The predicted octanol–water partition coefficient (Wildman–Crippen LogP) is 1.97. The largest absolute Gasteiger partial charge is 0.432 e.